The normalized spacial score (nSPS) is 12.9. The number of aldehydes is 1. The highest BCUT2D eigenvalue weighted by molar-refractivity contribution is 7.89. The van der Waals surface area contributed by atoms with Crippen molar-refractivity contribution in [2.24, 2.45) is 0 Å². The lowest BCUT2D eigenvalue weighted by Gasteiger charge is -2.12. The molecule has 0 amide bonds. The molecule has 0 radical (unpaired) electrons. The fourth-order valence-electron chi connectivity index (χ4n) is 1.42. The fourth-order valence-corrected chi connectivity index (χ4v) is 2.62. The number of aliphatic carboxylic acids is 1. The molecule has 0 saturated heterocycles. The molecule has 0 aliphatic heterocycles. The van der Waals surface area contributed by atoms with E-state index in [1.807, 2.05) is 6.92 Å². The van der Waals surface area contributed by atoms with Crippen LogP contribution in [0.15, 0.2) is 29.2 Å². The third-order valence-electron chi connectivity index (χ3n) is 2.47. The van der Waals surface area contributed by atoms with E-state index in [1.165, 1.54) is 12.1 Å². The Bertz CT molecular complexity index is 550. The summed E-state index contributed by atoms with van der Waals surface area (Å²) >= 11 is 0. The van der Waals surface area contributed by atoms with Gasteiger partial charge in [0.2, 0.25) is 10.0 Å². The summed E-state index contributed by atoms with van der Waals surface area (Å²) in [5.74, 6) is -1.08. The molecule has 1 aromatic rings. The second-order valence-corrected chi connectivity index (χ2v) is 5.82. The summed E-state index contributed by atoms with van der Waals surface area (Å²) in [5.41, 5.74) is 0.914. The lowest BCUT2D eigenvalue weighted by atomic mass is 10.2. The first-order valence-electron chi connectivity index (χ1n) is 5.61. The SMILES string of the molecule is Cc1ccc(S(=O)(=O)N[C@H](C=O)CCC(=O)O)cc1. The summed E-state index contributed by atoms with van der Waals surface area (Å²) in [6.45, 7) is 1.82. The van der Waals surface area contributed by atoms with E-state index in [4.69, 9.17) is 5.11 Å². The summed E-state index contributed by atoms with van der Waals surface area (Å²) in [6.07, 6.45) is 0.0401. The van der Waals surface area contributed by atoms with Gasteiger partial charge in [0, 0.05) is 6.42 Å². The molecule has 19 heavy (non-hydrogen) atoms. The molecule has 7 heteroatoms. The molecular formula is C12H15NO5S. The number of rotatable bonds is 7. The van der Waals surface area contributed by atoms with Crippen LogP contribution in [0.4, 0.5) is 0 Å². The zero-order valence-corrected chi connectivity index (χ0v) is 11.2. The number of sulfonamides is 1. The molecule has 1 aromatic carbocycles. The maximum Gasteiger partial charge on any atom is 0.303 e. The van der Waals surface area contributed by atoms with Gasteiger partial charge in [0.25, 0.3) is 0 Å². The van der Waals surface area contributed by atoms with Gasteiger partial charge >= 0.3 is 5.97 Å². The van der Waals surface area contributed by atoms with Crippen LogP contribution in [0.3, 0.4) is 0 Å². The van der Waals surface area contributed by atoms with E-state index in [0.717, 1.165) is 5.56 Å². The Kier molecular flexibility index (Phi) is 5.20. The third-order valence-corrected chi connectivity index (χ3v) is 3.98. The van der Waals surface area contributed by atoms with Crippen molar-refractivity contribution >= 4 is 22.3 Å². The molecule has 2 N–H and O–H groups in total. The first kappa shape index (κ1) is 15.3. The summed E-state index contributed by atoms with van der Waals surface area (Å²) in [5, 5.41) is 8.51. The minimum Gasteiger partial charge on any atom is -0.481 e. The number of benzene rings is 1. The van der Waals surface area contributed by atoms with Crippen LogP contribution in [0.2, 0.25) is 0 Å². The van der Waals surface area contributed by atoms with Crippen LogP contribution >= 0.6 is 0 Å². The van der Waals surface area contributed by atoms with E-state index < -0.39 is 22.0 Å². The minimum atomic E-state index is -3.81. The Morgan fingerprint density at radius 2 is 1.95 bits per heavy atom. The van der Waals surface area contributed by atoms with Crippen molar-refractivity contribution in [3.63, 3.8) is 0 Å². The molecule has 0 aliphatic rings. The van der Waals surface area contributed by atoms with E-state index in [-0.39, 0.29) is 17.7 Å². The van der Waals surface area contributed by atoms with Gasteiger partial charge < -0.3 is 9.90 Å². The Hall–Kier alpha value is -1.73. The zero-order valence-electron chi connectivity index (χ0n) is 10.4. The first-order chi connectivity index (χ1) is 8.85. The lowest BCUT2D eigenvalue weighted by molar-refractivity contribution is -0.137. The molecule has 0 aliphatic carbocycles. The van der Waals surface area contributed by atoms with Gasteiger partial charge in [0.1, 0.15) is 6.29 Å². The Morgan fingerprint density at radius 1 is 1.37 bits per heavy atom. The molecule has 0 aromatic heterocycles. The van der Waals surface area contributed by atoms with Crippen molar-refractivity contribution in [3.8, 4) is 0 Å². The number of hydrogen-bond donors (Lipinski definition) is 2. The van der Waals surface area contributed by atoms with Crippen LogP contribution < -0.4 is 4.72 Å². The van der Waals surface area contributed by atoms with Gasteiger partial charge in [0.05, 0.1) is 10.9 Å². The van der Waals surface area contributed by atoms with E-state index in [9.17, 15) is 18.0 Å². The van der Waals surface area contributed by atoms with Gasteiger partial charge in [-0.05, 0) is 25.5 Å². The average Bonchev–Trinajstić information content (AvgIpc) is 2.34. The van der Waals surface area contributed by atoms with E-state index in [1.54, 1.807) is 12.1 Å². The van der Waals surface area contributed by atoms with Crippen LogP contribution in [-0.4, -0.2) is 31.8 Å². The third kappa shape index (κ3) is 4.80. The molecule has 1 atom stereocenters. The maximum atomic E-state index is 11.9. The number of nitrogens with one attached hydrogen (secondary N) is 1. The number of carbonyl (C=O) groups excluding carboxylic acids is 1. The smallest absolute Gasteiger partial charge is 0.303 e. The summed E-state index contributed by atoms with van der Waals surface area (Å²) in [4.78, 5) is 21.2. The number of carbonyl (C=O) groups is 2. The highest BCUT2D eigenvalue weighted by atomic mass is 32.2. The van der Waals surface area contributed by atoms with Gasteiger partial charge in [0.15, 0.2) is 0 Å². The van der Waals surface area contributed by atoms with Crippen LogP contribution in [0.25, 0.3) is 0 Å². The number of carboxylic acid groups (broad SMARTS) is 1. The second-order valence-electron chi connectivity index (χ2n) is 4.11. The van der Waals surface area contributed by atoms with Crippen LogP contribution in [-0.2, 0) is 19.6 Å². The predicted molar refractivity (Wildman–Crippen MR) is 68.2 cm³/mol. The lowest BCUT2D eigenvalue weighted by Crippen LogP contribution is -2.36. The molecule has 0 bridgehead atoms. The molecular weight excluding hydrogens is 270 g/mol. The van der Waals surface area contributed by atoms with Crippen molar-refractivity contribution < 1.29 is 23.1 Å². The molecule has 0 spiro atoms. The fraction of sp³-hybridized carbons (Fsp3) is 0.333. The summed E-state index contributed by atoms with van der Waals surface area (Å²) < 4.78 is 26.1. The van der Waals surface area contributed by atoms with Gasteiger partial charge in [-0.15, -0.1) is 0 Å². The Labute approximate surface area is 111 Å². The molecule has 6 nitrogen and oxygen atoms in total. The molecule has 0 saturated carbocycles. The summed E-state index contributed by atoms with van der Waals surface area (Å²) in [6, 6.07) is 5.10. The van der Waals surface area contributed by atoms with Crippen LogP contribution in [0.5, 0.6) is 0 Å². The standard InChI is InChI=1S/C12H15NO5S/c1-9-2-5-11(6-3-9)19(17,18)13-10(8-14)4-7-12(15)16/h2-3,5-6,8,10,13H,4,7H2,1H3,(H,15,16)/t10-/m0/s1. The quantitative estimate of drug-likeness (QED) is 0.718. The first-order valence-corrected chi connectivity index (χ1v) is 7.09. The molecule has 0 fully saturated rings. The highest BCUT2D eigenvalue weighted by Crippen LogP contribution is 2.11. The van der Waals surface area contributed by atoms with Gasteiger partial charge in [-0.25, -0.2) is 13.1 Å². The minimum absolute atomic E-state index is 0.0419. The zero-order chi connectivity index (χ0) is 14.5. The Morgan fingerprint density at radius 3 is 2.42 bits per heavy atom. The molecule has 0 unspecified atom stereocenters. The predicted octanol–water partition coefficient (Wildman–Crippen LogP) is 0.706. The molecule has 104 valence electrons. The van der Waals surface area contributed by atoms with Crippen molar-refractivity contribution in [2.75, 3.05) is 0 Å². The maximum absolute atomic E-state index is 11.9. The van der Waals surface area contributed by atoms with Gasteiger partial charge in [-0.3, -0.25) is 4.79 Å². The second kappa shape index (κ2) is 6.44. The molecule has 0 heterocycles. The average molecular weight is 285 g/mol. The van der Waals surface area contributed by atoms with Gasteiger partial charge in [-0.1, -0.05) is 17.7 Å². The van der Waals surface area contributed by atoms with Crippen LogP contribution in [0, 0.1) is 6.92 Å². The van der Waals surface area contributed by atoms with E-state index in [0.29, 0.717) is 6.29 Å². The van der Waals surface area contributed by atoms with E-state index in [2.05, 4.69) is 4.72 Å². The summed E-state index contributed by atoms with van der Waals surface area (Å²) in [7, 11) is -3.81. The van der Waals surface area contributed by atoms with Gasteiger partial charge in [-0.2, -0.15) is 0 Å². The van der Waals surface area contributed by atoms with E-state index >= 15 is 0 Å². The van der Waals surface area contributed by atoms with Crippen LogP contribution in [0.1, 0.15) is 18.4 Å². The Balaban J connectivity index is 2.80. The van der Waals surface area contributed by atoms with Crippen molar-refractivity contribution in [2.45, 2.75) is 30.7 Å². The number of carboxylic acids is 1. The highest BCUT2D eigenvalue weighted by Gasteiger charge is 2.20. The van der Waals surface area contributed by atoms with Crippen molar-refractivity contribution in [1.29, 1.82) is 0 Å². The van der Waals surface area contributed by atoms with Crippen molar-refractivity contribution in [3.05, 3.63) is 29.8 Å². The molecule has 1 rings (SSSR count). The number of aryl methyl sites for hydroxylation is 1. The largest absolute Gasteiger partial charge is 0.481 e. The topological polar surface area (TPSA) is 101 Å². The monoisotopic (exact) mass is 285 g/mol. The van der Waals surface area contributed by atoms with Crippen molar-refractivity contribution in [1.82, 2.24) is 4.72 Å². The number of hydrogen-bond acceptors (Lipinski definition) is 4.